The number of benzene rings is 1. The molecule has 1 unspecified atom stereocenters. The monoisotopic (exact) mass is 255 g/mol. The van der Waals surface area contributed by atoms with E-state index in [1.165, 1.54) is 24.8 Å². The molecule has 1 N–H and O–H groups in total. The fraction of sp³-hybridized carbons (Fsp3) is 0.438. The van der Waals surface area contributed by atoms with Gasteiger partial charge in [-0.05, 0) is 50.0 Å². The molecule has 19 heavy (non-hydrogen) atoms. The average molecular weight is 255 g/mol. The topological polar surface area (TPSA) is 28.2 Å². The number of para-hydroxylation sites is 1. The molecule has 1 fully saturated rings. The van der Waals surface area contributed by atoms with E-state index in [1.54, 1.807) is 0 Å². The molecule has 0 aliphatic carbocycles. The standard InChI is InChI=1S/C16H21N3/c1-19(12-13-5-4-10-17-11-13)16-9-8-14-6-2-3-7-15(14)18-16/h2-3,6-9,13,17H,4-5,10-12H2,1H3. The average Bonchev–Trinajstić information content (AvgIpc) is 2.48. The number of aromatic nitrogens is 1. The maximum absolute atomic E-state index is 4.75. The van der Waals surface area contributed by atoms with E-state index in [0.29, 0.717) is 0 Å². The summed E-state index contributed by atoms with van der Waals surface area (Å²) in [6.07, 6.45) is 2.62. The second-order valence-electron chi connectivity index (χ2n) is 5.46. The third-order valence-electron chi connectivity index (χ3n) is 3.91. The van der Waals surface area contributed by atoms with Crippen LogP contribution in [0.4, 0.5) is 5.82 Å². The highest BCUT2D eigenvalue weighted by Gasteiger charge is 2.15. The first-order chi connectivity index (χ1) is 9.33. The number of nitrogens with one attached hydrogen (secondary N) is 1. The Labute approximate surface area is 114 Å². The van der Waals surface area contributed by atoms with Gasteiger partial charge in [-0.15, -0.1) is 0 Å². The molecule has 100 valence electrons. The van der Waals surface area contributed by atoms with Gasteiger partial charge in [0, 0.05) is 19.0 Å². The maximum atomic E-state index is 4.75. The molecule has 0 saturated carbocycles. The van der Waals surface area contributed by atoms with Gasteiger partial charge in [0.15, 0.2) is 0 Å². The molecule has 1 aromatic carbocycles. The van der Waals surface area contributed by atoms with Crippen LogP contribution in [0.5, 0.6) is 0 Å². The Bertz CT molecular complexity index is 546. The molecule has 1 aliphatic rings. The van der Waals surface area contributed by atoms with E-state index in [1.807, 2.05) is 6.07 Å². The molecule has 0 radical (unpaired) electrons. The molecule has 3 rings (SSSR count). The lowest BCUT2D eigenvalue weighted by molar-refractivity contribution is 0.380. The Hall–Kier alpha value is -1.61. The highest BCUT2D eigenvalue weighted by atomic mass is 15.2. The van der Waals surface area contributed by atoms with E-state index in [9.17, 15) is 0 Å². The Morgan fingerprint density at radius 3 is 3.00 bits per heavy atom. The Balaban J connectivity index is 1.75. The van der Waals surface area contributed by atoms with Crippen LogP contribution in [0.15, 0.2) is 36.4 Å². The van der Waals surface area contributed by atoms with Gasteiger partial charge >= 0.3 is 0 Å². The van der Waals surface area contributed by atoms with E-state index < -0.39 is 0 Å². The quantitative estimate of drug-likeness (QED) is 0.914. The van der Waals surface area contributed by atoms with Crippen molar-refractivity contribution in [1.82, 2.24) is 10.3 Å². The van der Waals surface area contributed by atoms with Crippen molar-refractivity contribution in [3.05, 3.63) is 36.4 Å². The van der Waals surface area contributed by atoms with Gasteiger partial charge in [-0.1, -0.05) is 18.2 Å². The Morgan fingerprint density at radius 2 is 2.16 bits per heavy atom. The molecule has 1 saturated heterocycles. The van der Waals surface area contributed by atoms with Gasteiger partial charge in [-0.25, -0.2) is 4.98 Å². The number of hydrogen-bond acceptors (Lipinski definition) is 3. The van der Waals surface area contributed by atoms with Gasteiger partial charge in [-0.2, -0.15) is 0 Å². The number of piperidine rings is 1. The molecule has 1 aromatic heterocycles. The first-order valence-corrected chi connectivity index (χ1v) is 7.10. The predicted octanol–water partition coefficient (Wildman–Crippen LogP) is 2.67. The van der Waals surface area contributed by atoms with Crippen molar-refractivity contribution >= 4 is 16.7 Å². The smallest absolute Gasteiger partial charge is 0.128 e. The van der Waals surface area contributed by atoms with E-state index in [-0.39, 0.29) is 0 Å². The second kappa shape index (κ2) is 5.57. The Morgan fingerprint density at radius 1 is 1.26 bits per heavy atom. The van der Waals surface area contributed by atoms with Gasteiger partial charge in [0.1, 0.15) is 5.82 Å². The summed E-state index contributed by atoms with van der Waals surface area (Å²) < 4.78 is 0. The van der Waals surface area contributed by atoms with E-state index in [0.717, 1.165) is 30.3 Å². The molecule has 0 spiro atoms. The van der Waals surface area contributed by atoms with E-state index >= 15 is 0 Å². The second-order valence-corrected chi connectivity index (χ2v) is 5.46. The fourth-order valence-corrected chi connectivity index (χ4v) is 2.83. The zero-order valence-corrected chi connectivity index (χ0v) is 11.5. The highest BCUT2D eigenvalue weighted by Crippen LogP contribution is 2.19. The van der Waals surface area contributed by atoms with E-state index in [4.69, 9.17) is 4.98 Å². The van der Waals surface area contributed by atoms with Crippen molar-refractivity contribution in [2.45, 2.75) is 12.8 Å². The summed E-state index contributed by atoms with van der Waals surface area (Å²) in [6.45, 7) is 3.39. The minimum absolute atomic E-state index is 0.743. The lowest BCUT2D eigenvalue weighted by atomic mass is 9.99. The van der Waals surface area contributed by atoms with Gasteiger partial charge in [0.25, 0.3) is 0 Å². The first kappa shape index (κ1) is 12.4. The molecule has 3 nitrogen and oxygen atoms in total. The Kier molecular flexibility index (Phi) is 3.65. The summed E-state index contributed by atoms with van der Waals surface area (Å²) in [6, 6.07) is 12.6. The zero-order valence-electron chi connectivity index (χ0n) is 11.5. The van der Waals surface area contributed by atoms with Crippen molar-refractivity contribution in [3.8, 4) is 0 Å². The number of pyridine rings is 1. The lowest BCUT2D eigenvalue weighted by Crippen LogP contribution is -2.37. The van der Waals surface area contributed by atoms with Crippen LogP contribution in [-0.2, 0) is 0 Å². The van der Waals surface area contributed by atoms with Crippen LogP contribution in [0.1, 0.15) is 12.8 Å². The van der Waals surface area contributed by atoms with Gasteiger partial charge < -0.3 is 10.2 Å². The molecule has 1 atom stereocenters. The predicted molar refractivity (Wildman–Crippen MR) is 80.6 cm³/mol. The maximum Gasteiger partial charge on any atom is 0.128 e. The SMILES string of the molecule is CN(CC1CCCNC1)c1ccc2ccccc2n1. The van der Waals surface area contributed by atoms with Crippen LogP contribution in [0.25, 0.3) is 10.9 Å². The van der Waals surface area contributed by atoms with Crippen LogP contribution >= 0.6 is 0 Å². The zero-order chi connectivity index (χ0) is 13.1. The summed E-state index contributed by atoms with van der Waals surface area (Å²) in [5, 5.41) is 4.68. The number of hydrogen-bond donors (Lipinski definition) is 1. The summed E-state index contributed by atoms with van der Waals surface area (Å²) in [5.41, 5.74) is 1.08. The molecular weight excluding hydrogens is 234 g/mol. The van der Waals surface area contributed by atoms with Gasteiger partial charge in [0.2, 0.25) is 0 Å². The number of fused-ring (bicyclic) bond motifs is 1. The largest absolute Gasteiger partial charge is 0.359 e. The molecule has 0 amide bonds. The minimum Gasteiger partial charge on any atom is -0.359 e. The molecule has 3 heteroatoms. The van der Waals surface area contributed by atoms with Crippen molar-refractivity contribution in [1.29, 1.82) is 0 Å². The first-order valence-electron chi connectivity index (χ1n) is 7.10. The van der Waals surface area contributed by atoms with Crippen LogP contribution in [0, 0.1) is 5.92 Å². The minimum atomic E-state index is 0.743. The van der Waals surface area contributed by atoms with Crippen molar-refractivity contribution in [2.24, 2.45) is 5.92 Å². The lowest BCUT2D eigenvalue weighted by Gasteiger charge is -2.28. The van der Waals surface area contributed by atoms with Crippen molar-refractivity contribution < 1.29 is 0 Å². The van der Waals surface area contributed by atoms with Crippen molar-refractivity contribution in [3.63, 3.8) is 0 Å². The third-order valence-corrected chi connectivity index (χ3v) is 3.91. The number of nitrogens with zero attached hydrogens (tertiary/aromatic N) is 2. The van der Waals surface area contributed by atoms with Gasteiger partial charge in [0.05, 0.1) is 5.52 Å². The summed E-state index contributed by atoms with van der Waals surface area (Å²) in [5.74, 6) is 1.82. The summed E-state index contributed by atoms with van der Waals surface area (Å²) >= 11 is 0. The van der Waals surface area contributed by atoms with Gasteiger partial charge in [-0.3, -0.25) is 0 Å². The highest BCUT2D eigenvalue weighted by molar-refractivity contribution is 5.80. The van der Waals surface area contributed by atoms with Crippen LogP contribution in [-0.4, -0.2) is 31.7 Å². The molecule has 2 aromatic rings. The van der Waals surface area contributed by atoms with E-state index in [2.05, 4.69) is 47.6 Å². The number of anilines is 1. The third kappa shape index (κ3) is 2.87. The van der Waals surface area contributed by atoms with Crippen LogP contribution in [0.3, 0.4) is 0 Å². The summed E-state index contributed by atoms with van der Waals surface area (Å²) in [4.78, 5) is 7.03. The van der Waals surface area contributed by atoms with Crippen molar-refractivity contribution in [2.75, 3.05) is 31.6 Å². The molecule has 0 bridgehead atoms. The van der Waals surface area contributed by atoms with Crippen LogP contribution in [0.2, 0.25) is 0 Å². The summed E-state index contributed by atoms with van der Waals surface area (Å²) in [7, 11) is 2.14. The van der Waals surface area contributed by atoms with Crippen LogP contribution < -0.4 is 10.2 Å². The molecule has 1 aliphatic heterocycles. The fourth-order valence-electron chi connectivity index (χ4n) is 2.83. The normalized spacial score (nSPS) is 19.5. The molecular formula is C16H21N3. The molecule has 2 heterocycles. The number of rotatable bonds is 3.